The number of rotatable bonds is 6. The third-order valence-electron chi connectivity index (χ3n) is 3.38. The first-order valence-electron chi connectivity index (χ1n) is 7.09. The largest absolute Gasteiger partial charge is 0.464 e. The van der Waals surface area contributed by atoms with Gasteiger partial charge in [-0.1, -0.05) is 12.1 Å². The Labute approximate surface area is 129 Å². The lowest BCUT2D eigenvalue weighted by atomic mass is 10.0. The van der Waals surface area contributed by atoms with Gasteiger partial charge in [-0.25, -0.2) is 4.79 Å². The van der Waals surface area contributed by atoms with Crippen molar-refractivity contribution in [2.75, 3.05) is 19.8 Å². The summed E-state index contributed by atoms with van der Waals surface area (Å²) in [5.41, 5.74) is -0.0726. The Bertz CT molecular complexity index is 573. The average Bonchev–Trinajstić information content (AvgIpc) is 2.72. The Hall–Kier alpha value is -2.21. The number of hydrogen-bond acceptors (Lipinski definition) is 5. The van der Waals surface area contributed by atoms with E-state index < -0.39 is 11.5 Å². The highest BCUT2D eigenvalue weighted by atomic mass is 16.6. The number of imide groups is 1. The van der Waals surface area contributed by atoms with Crippen molar-refractivity contribution < 1.29 is 23.9 Å². The van der Waals surface area contributed by atoms with Crippen LogP contribution in [0.1, 0.15) is 41.5 Å². The van der Waals surface area contributed by atoms with Gasteiger partial charge in [0.15, 0.2) is 0 Å². The van der Waals surface area contributed by atoms with E-state index in [1.807, 2.05) is 0 Å². The van der Waals surface area contributed by atoms with E-state index in [0.717, 1.165) is 0 Å². The summed E-state index contributed by atoms with van der Waals surface area (Å²) < 4.78 is 10.1. The molecule has 1 aliphatic rings. The molecule has 0 radical (unpaired) electrons. The van der Waals surface area contributed by atoms with E-state index in [2.05, 4.69) is 0 Å². The fourth-order valence-electron chi connectivity index (χ4n) is 2.39. The van der Waals surface area contributed by atoms with E-state index in [0.29, 0.717) is 11.1 Å². The minimum absolute atomic E-state index is 0.0529. The smallest absolute Gasteiger partial charge is 0.332 e. The lowest BCUT2D eigenvalue weighted by molar-refractivity contribution is -0.149. The summed E-state index contributed by atoms with van der Waals surface area (Å²) in [4.78, 5) is 37.3. The maximum absolute atomic E-state index is 12.4. The summed E-state index contributed by atoms with van der Waals surface area (Å²) in [7, 11) is 0. The Morgan fingerprint density at radius 1 is 1.14 bits per heavy atom. The molecular weight excluding hydrogens is 286 g/mol. The van der Waals surface area contributed by atoms with Gasteiger partial charge in [0.25, 0.3) is 11.8 Å². The minimum Gasteiger partial charge on any atom is -0.464 e. The second-order valence-corrected chi connectivity index (χ2v) is 5.60. The van der Waals surface area contributed by atoms with E-state index in [1.54, 1.807) is 45.0 Å². The number of carbonyl (C=O) groups excluding carboxylic acids is 3. The van der Waals surface area contributed by atoms with Crippen LogP contribution in [0.3, 0.4) is 0 Å². The topological polar surface area (TPSA) is 72.9 Å². The SMILES string of the molecule is CCOC(=O)COCC(C)(C)N1C(=O)c2ccccc2C1=O. The van der Waals surface area contributed by atoms with Crippen LogP contribution >= 0.6 is 0 Å². The first kappa shape index (κ1) is 16.2. The van der Waals surface area contributed by atoms with Gasteiger partial charge in [-0.15, -0.1) is 0 Å². The van der Waals surface area contributed by atoms with Gasteiger partial charge in [0.2, 0.25) is 0 Å². The summed E-state index contributed by atoms with van der Waals surface area (Å²) in [6, 6.07) is 6.70. The summed E-state index contributed by atoms with van der Waals surface area (Å²) >= 11 is 0. The van der Waals surface area contributed by atoms with Crippen molar-refractivity contribution in [3.8, 4) is 0 Å². The predicted molar refractivity (Wildman–Crippen MR) is 78.5 cm³/mol. The van der Waals surface area contributed by atoms with Crippen molar-refractivity contribution in [1.29, 1.82) is 0 Å². The van der Waals surface area contributed by atoms with Crippen molar-refractivity contribution in [2.24, 2.45) is 0 Å². The van der Waals surface area contributed by atoms with Gasteiger partial charge in [0.1, 0.15) is 6.61 Å². The lowest BCUT2D eigenvalue weighted by Crippen LogP contribution is -2.50. The van der Waals surface area contributed by atoms with Crippen LogP contribution in [0.2, 0.25) is 0 Å². The van der Waals surface area contributed by atoms with Crippen LogP contribution in [0.15, 0.2) is 24.3 Å². The van der Waals surface area contributed by atoms with Crippen LogP contribution < -0.4 is 0 Å². The number of amides is 2. The fourth-order valence-corrected chi connectivity index (χ4v) is 2.39. The summed E-state index contributed by atoms with van der Waals surface area (Å²) in [6.07, 6.45) is 0. The molecule has 0 spiro atoms. The molecule has 2 amide bonds. The van der Waals surface area contributed by atoms with Crippen LogP contribution in [-0.2, 0) is 14.3 Å². The Balaban J connectivity index is 2.06. The average molecular weight is 305 g/mol. The highest BCUT2D eigenvalue weighted by molar-refractivity contribution is 6.21. The molecule has 0 aliphatic carbocycles. The zero-order valence-corrected chi connectivity index (χ0v) is 12.9. The molecule has 118 valence electrons. The number of benzene rings is 1. The molecule has 0 saturated heterocycles. The number of carbonyl (C=O) groups is 3. The number of esters is 1. The number of ether oxygens (including phenoxy) is 2. The first-order chi connectivity index (χ1) is 10.4. The molecule has 0 atom stereocenters. The molecule has 2 rings (SSSR count). The molecule has 0 bridgehead atoms. The van der Waals surface area contributed by atoms with Gasteiger partial charge in [-0.2, -0.15) is 0 Å². The third kappa shape index (κ3) is 3.01. The van der Waals surface area contributed by atoms with Crippen molar-refractivity contribution in [1.82, 2.24) is 4.90 Å². The highest BCUT2D eigenvalue weighted by Crippen LogP contribution is 2.29. The van der Waals surface area contributed by atoms with Gasteiger partial charge < -0.3 is 9.47 Å². The molecular formula is C16H19NO5. The van der Waals surface area contributed by atoms with Gasteiger partial charge >= 0.3 is 5.97 Å². The van der Waals surface area contributed by atoms with Crippen molar-refractivity contribution >= 4 is 17.8 Å². The van der Waals surface area contributed by atoms with E-state index in [1.165, 1.54) is 4.90 Å². The molecule has 1 aromatic rings. The molecule has 6 nitrogen and oxygen atoms in total. The maximum atomic E-state index is 12.4. The first-order valence-corrected chi connectivity index (χ1v) is 7.09. The van der Waals surface area contributed by atoms with Crippen molar-refractivity contribution in [3.63, 3.8) is 0 Å². The molecule has 1 heterocycles. The van der Waals surface area contributed by atoms with Crippen LogP contribution in [0, 0.1) is 0 Å². The van der Waals surface area contributed by atoms with Gasteiger partial charge in [-0.05, 0) is 32.9 Å². The summed E-state index contributed by atoms with van der Waals surface area (Å²) in [6.45, 7) is 5.28. The number of fused-ring (bicyclic) bond motifs is 1. The standard InChI is InChI=1S/C16H19NO5/c1-4-22-13(18)9-21-10-16(2,3)17-14(19)11-7-5-6-8-12(11)15(17)20/h5-8H,4,9-10H2,1-3H3. The normalized spacial score (nSPS) is 14.2. The number of hydrogen-bond donors (Lipinski definition) is 0. The molecule has 0 aromatic heterocycles. The molecule has 0 N–H and O–H groups in total. The molecule has 0 saturated carbocycles. The predicted octanol–water partition coefficient (Wildman–Crippen LogP) is 1.64. The van der Waals surface area contributed by atoms with Crippen LogP contribution in [0.5, 0.6) is 0 Å². The second kappa shape index (κ2) is 6.27. The molecule has 1 aliphatic heterocycles. The van der Waals surface area contributed by atoms with Gasteiger partial charge in [-0.3, -0.25) is 14.5 Å². The molecule has 1 aromatic carbocycles. The molecule has 22 heavy (non-hydrogen) atoms. The minimum atomic E-state index is -0.861. The molecule has 0 fully saturated rings. The van der Waals surface area contributed by atoms with Crippen molar-refractivity contribution in [3.05, 3.63) is 35.4 Å². The Kier molecular flexibility index (Phi) is 4.61. The van der Waals surface area contributed by atoms with E-state index in [-0.39, 0.29) is 31.6 Å². The molecule has 6 heteroatoms. The van der Waals surface area contributed by atoms with Crippen molar-refractivity contribution in [2.45, 2.75) is 26.3 Å². The van der Waals surface area contributed by atoms with Crippen LogP contribution in [0.4, 0.5) is 0 Å². The van der Waals surface area contributed by atoms with Crippen LogP contribution in [0.25, 0.3) is 0 Å². The number of nitrogens with zero attached hydrogens (tertiary/aromatic N) is 1. The fraction of sp³-hybridized carbons (Fsp3) is 0.438. The van der Waals surface area contributed by atoms with Crippen LogP contribution in [-0.4, -0.2) is 48.0 Å². The maximum Gasteiger partial charge on any atom is 0.332 e. The Morgan fingerprint density at radius 2 is 1.68 bits per heavy atom. The van der Waals surface area contributed by atoms with E-state index in [4.69, 9.17) is 9.47 Å². The lowest BCUT2D eigenvalue weighted by Gasteiger charge is -2.33. The van der Waals surface area contributed by atoms with Gasteiger partial charge in [0, 0.05) is 0 Å². The zero-order valence-electron chi connectivity index (χ0n) is 12.9. The highest BCUT2D eigenvalue weighted by Gasteiger charge is 2.44. The van der Waals surface area contributed by atoms with E-state index in [9.17, 15) is 14.4 Å². The third-order valence-corrected chi connectivity index (χ3v) is 3.38. The Morgan fingerprint density at radius 3 is 2.18 bits per heavy atom. The quantitative estimate of drug-likeness (QED) is 0.590. The zero-order chi connectivity index (χ0) is 16.3. The molecule has 0 unspecified atom stereocenters. The summed E-state index contributed by atoms with van der Waals surface area (Å²) in [5.74, 6) is -1.16. The second-order valence-electron chi connectivity index (χ2n) is 5.60. The van der Waals surface area contributed by atoms with Gasteiger partial charge in [0.05, 0.1) is 29.9 Å². The monoisotopic (exact) mass is 305 g/mol. The summed E-state index contributed by atoms with van der Waals surface area (Å²) in [5, 5.41) is 0. The van der Waals surface area contributed by atoms with E-state index >= 15 is 0 Å².